The minimum absolute atomic E-state index is 0.268. The van der Waals surface area contributed by atoms with Gasteiger partial charge < -0.3 is 5.32 Å². The molecular formula is C18H13Cl2FN2O. The standard InChI is InChI=1S/C18H13Cl2FN2O/c19-14-6-4-12(9-15(14)20)10-16-18(24)23-17(22-16)7-5-11-2-1-3-13(21)8-11/h1-4,6,8-10H,5,7H2,(H,22,23,24)/b16-10+. The van der Waals surface area contributed by atoms with Crippen LogP contribution in [0, 0.1) is 5.82 Å². The number of halogens is 3. The summed E-state index contributed by atoms with van der Waals surface area (Å²) in [6, 6.07) is 11.5. The van der Waals surface area contributed by atoms with Gasteiger partial charge in [0, 0.05) is 6.42 Å². The Labute approximate surface area is 148 Å². The van der Waals surface area contributed by atoms with Gasteiger partial charge in [-0.15, -0.1) is 0 Å². The fourth-order valence-electron chi connectivity index (χ4n) is 2.35. The van der Waals surface area contributed by atoms with E-state index in [9.17, 15) is 9.18 Å². The zero-order valence-electron chi connectivity index (χ0n) is 12.5. The number of amides is 1. The van der Waals surface area contributed by atoms with Gasteiger partial charge in [-0.05, 0) is 47.9 Å². The Morgan fingerprint density at radius 1 is 1.08 bits per heavy atom. The SMILES string of the molecule is O=C1NC(CCc2cccc(F)c2)=N/C1=C/c1ccc(Cl)c(Cl)c1. The van der Waals surface area contributed by atoms with E-state index in [1.54, 1.807) is 30.3 Å². The number of nitrogens with one attached hydrogen (secondary N) is 1. The minimum atomic E-state index is -0.273. The van der Waals surface area contributed by atoms with Crippen LogP contribution in [-0.2, 0) is 11.2 Å². The maximum absolute atomic E-state index is 13.2. The van der Waals surface area contributed by atoms with Crippen molar-refractivity contribution in [2.45, 2.75) is 12.8 Å². The lowest BCUT2D eigenvalue weighted by Crippen LogP contribution is -2.24. The van der Waals surface area contributed by atoms with E-state index in [2.05, 4.69) is 10.3 Å². The normalized spacial score (nSPS) is 15.5. The third kappa shape index (κ3) is 4.02. The second-order valence-corrected chi connectivity index (χ2v) is 6.16. The summed E-state index contributed by atoms with van der Waals surface area (Å²) in [6.07, 6.45) is 2.76. The molecule has 1 aliphatic rings. The van der Waals surface area contributed by atoms with Crippen LogP contribution in [0.15, 0.2) is 53.2 Å². The number of rotatable bonds is 4. The van der Waals surface area contributed by atoms with Gasteiger partial charge >= 0.3 is 0 Å². The predicted octanol–water partition coefficient (Wildman–Crippen LogP) is 4.63. The van der Waals surface area contributed by atoms with E-state index in [1.165, 1.54) is 12.1 Å². The molecule has 0 saturated heterocycles. The minimum Gasteiger partial charge on any atom is -0.309 e. The number of hydrogen-bond donors (Lipinski definition) is 1. The Morgan fingerprint density at radius 3 is 2.67 bits per heavy atom. The van der Waals surface area contributed by atoms with Crippen LogP contribution in [0.5, 0.6) is 0 Å². The van der Waals surface area contributed by atoms with Crippen LogP contribution >= 0.6 is 23.2 Å². The molecule has 2 aromatic carbocycles. The molecule has 0 spiro atoms. The van der Waals surface area contributed by atoms with Crippen molar-refractivity contribution in [1.82, 2.24) is 5.32 Å². The maximum atomic E-state index is 13.2. The van der Waals surface area contributed by atoms with E-state index < -0.39 is 0 Å². The molecule has 0 atom stereocenters. The number of carbonyl (C=O) groups is 1. The fourth-order valence-corrected chi connectivity index (χ4v) is 2.66. The highest BCUT2D eigenvalue weighted by atomic mass is 35.5. The average molecular weight is 363 g/mol. The maximum Gasteiger partial charge on any atom is 0.275 e. The molecule has 3 rings (SSSR count). The molecule has 0 aliphatic carbocycles. The predicted molar refractivity (Wildman–Crippen MR) is 94.7 cm³/mol. The van der Waals surface area contributed by atoms with E-state index in [0.29, 0.717) is 34.4 Å². The Balaban J connectivity index is 1.72. The highest BCUT2D eigenvalue weighted by molar-refractivity contribution is 6.42. The van der Waals surface area contributed by atoms with Gasteiger partial charge in [0.1, 0.15) is 17.3 Å². The molecule has 0 radical (unpaired) electrons. The smallest absolute Gasteiger partial charge is 0.275 e. The molecule has 0 fully saturated rings. The quantitative estimate of drug-likeness (QED) is 0.791. The summed E-state index contributed by atoms with van der Waals surface area (Å²) >= 11 is 11.8. The molecule has 6 heteroatoms. The van der Waals surface area contributed by atoms with E-state index in [-0.39, 0.29) is 11.7 Å². The van der Waals surface area contributed by atoms with Crippen molar-refractivity contribution in [2.75, 3.05) is 0 Å². The number of benzene rings is 2. The molecular weight excluding hydrogens is 350 g/mol. The zero-order valence-corrected chi connectivity index (χ0v) is 14.0. The first kappa shape index (κ1) is 16.7. The molecule has 0 saturated carbocycles. The second kappa shape index (κ2) is 7.16. The molecule has 0 bridgehead atoms. The van der Waals surface area contributed by atoms with Crippen LogP contribution in [0.1, 0.15) is 17.5 Å². The molecule has 1 aliphatic heterocycles. The molecule has 1 heterocycles. The number of hydrogen-bond acceptors (Lipinski definition) is 2. The van der Waals surface area contributed by atoms with Crippen LogP contribution in [0.2, 0.25) is 10.0 Å². The summed E-state index contributed by atoms with van der Waals surface area (Å²) < 4.78 is 13.2. The first-order valence-corrected chi connectivity index (χ1v) is 8.07. The average Bonchev–Trinajstić information content (AvgIpc) is 2.89. The largest absolute Gasteiger partial charge is 0.309 e. The van der Waals surface area contributed by atoms with Gasteiger partial charge in [-0.2, -0.15) is 0 Å². The van der Waals surface area contributed by atoms with Crippen LogP contribution in [0.3, 0.4) is 0 Å². The molecule has 1 N–H and O–H groups in total. The first-order valence-electron chi connectivity index (χ1n) is 7.31. The second-order valence-electron chi connectivity index (χ2n) is 5.35. The topological polar surface area (TPSA) is 41.5 Å². The van der Waals surface area contributed by atoms with E-state index in [4.69, 9.17) is 23.2 Å². The number of aryl methyl sites for hydroxylation is 1. The van der Waals surface area contributed by atoms with Crippen LogP contribution in [-0.4, -0.2) is 11.7 Å². The zero-order chi connectivity index (χ0) is 17.1. The van der Waals surface area contributed by atoms with Crippen molar-refractivity contribution < 1.29 is 9.18 Å². The van der Waals surface area contributed by atoms with Gasteiger partial charge in [-0.1, -0.05) is 41.4 Å². The number of nitrogens with zero attached hydrogens (tertiary/aromatic N) is 1. The van der Waals surface area contributed by atoms with E-state index in [0.717, 1.165) is 11.1 Å². The first-order chi connectivity index (χ1) is 11.5. The Morgan fingerprint density at radius 2 is 1.92 bits per heavy atom. The third-order valence-electron chi connectivity index (χ3n) is 3.53. The van der Waals surface area contributed by atoms with Gasteiger partial charge in [-0.3, -0.25) is 4.79 Å². The van der Waals surface area contributed by atoms with Gasteiger partial charge in [0.2, 0.25) is 0 Å². The van der Waals surface area contributed by atoms with Crippen molar-refractivity contribution in [3.8, 4) is 0 Å². The van der Waals surface area contributed by atoms with Crippen LogP contribution in [0.25, 0.3) is 6.08 Å². The third-order valence-corrected chi connectivity index (χ3v) is 4.27. The summed E-state index contributed by atoms with van der Waals surface area (Å²) in [5.41, 5.74) is 1.90. The van der Waals surface area contributed by atoms with Crippen molar-refractivity contribution in [3.05, 3.63) is 75.2 Å². The molecule has 24 heavy (non-hydrogen) atoms. The van der Waals surface area contributed by atoms with Gasteiger partial charge in [0.25, 0.3) is 5.91 Å². The molecule has 122 valence electrons. The van der Waals surface area contributed by atoms with E-state index in [1.807, 2.05) is 6.07 Å². The molecule has 2 aromatic rings. The Bertz CT molecular complexity index is 862. The lowest BCUT2D eigenvalue weighted by Gasteiger charge is -2.01. The Hall–Kier alpha value is -2.17. The highest BCUT2D eigenvalue weighted by Gasteiger charge is 2.19. The number of amidine groups is 1. The lowest BCUT2D eigenvalue weighted by molar-refractivity contribution is -0.115. The Kier molecular flexibility index (Phi) is 4.97. The lowest BCUT2D eigenvalue weighted by atomic mass is 10.1. The monoisotopic (exact) mass is 362 g/mol. The van der Waals surface area contributed by atoms with Crippen molar-refractivity contribution >= 4 is 41.0 Å². The summed E-state index contributed by atoms with van der Waals surface area (Å²) in [5, 5.41) is 3.59. The molecule has 1 amide bonds. The van der Waals surface area contributed by atoms with Crippen molar-refractivity contribution in [3.63, 3.8) is 0 Å². The molecule has 0 unspecified atom stereocenters. The summed E-state index contributed by atoms with van der Waals surface area (Å²) in [6.45, 7) is 0. The van der Waals surface area contributed by atoms with Gasteiger partial charge in [0.15, 0.2) is 0 Å². The highest BCUT2D eigenvalue weighted by Crippen LogP contribution is 2.24. The van der Waals surface area contributed by atoms with Crippen LogP contribution in [0.4, 0.5) is 4.39 Å². The summed E-state index contributed by atoms with van der Waals surface area (Å²) in [7, 11) is 0. The fraction of sp³-hybridized carbons (Fsp3) is 0.111. The number of carbonyl (C=O) groups excluding carboxylic acids is 1. The van der Waals surface area contributed by atoms with Crippen LogP contribution < -0.4 is 5.32 Å². The van der Waals surface area contributed by atoms with Gasteiger partial charge in [-0.25, -0.2) is 9.38 Å². The summed E-state index contributed by atoms with van der Waals surface area (Å²) in [4.78, 5) is 16.3. The van der Waals surface area contributed by atoms with E-state index >= 15 is 0 Å². The van der Waals surface area contributed by atoms with Crippen molar-refractivity contribution in [1.29, 1.82) is 0 Å². The molecule has 3 nitrogen and oxygen atoms in total. The van der Waals surface area contributed by atoms with Gasteiger partial charge in [0.05, 0.1) is 10.0 Å². The van der Waals surface area contributed by atoms with Crippen molar-refractivity contribution in [2.24, 2.45) is 4.99 Å². The number of aliphatic imine (C=N–C) groups is 1. The summed E-state index contributed by atoms with van der Waals surface area (Å²) in [5.74, 6) is 0.0241. The molecule has 0 aromatic heterocycles.